The van der Waals surface area contributed by atoms with Gasteiger partial charge in [-0.05, 0) is 31.0 Å². The number of nitrogens with one attached hydrogen (secondary N) is 1. The molecule has 3 aromatic rings. The monoisotopic (exact) mass is 542 g/mol. The van der Waals surface area contributed by atoms with E-state index in [-0.39, 0.29) is 41.5 Å². The summed E-state index contributed by atoms with van der Waals surface area (Å²) in [5.41, 5.74) is -1.60. The first kappa shape index (κ1) is 28.0. The Balaban J connectivity index is 1.93. The van der Waals surface area contributed by atoms with Gasteiger partial charge in [0.2, 0.25) is 5.91 Å². The fraction of sp³-hybridized carbons (Fsp3) is 0.393. The molecule has 1 fully saturated rings. The lowest BCUT2D eigenvalue weighted by Gasteiger charge is -2.29. The number of aryl methyl sites for hydroxylation is 1. The van der Waals surface area contributed by atoms with Crippen molar-refractivity contribution in [3.63, 3.8) is 0 Å². The first-order chi connectivity index (χ1) is 18.6. The van der Waals surface area contributed by atoms with Gasteiger partial charge in [-0.25, -0.2) is 17.9 Å². The first-order valence-corrected chi connectivity index (χ1v) is 12.3. The number of nitrogens with zero attached hydrogens (tertiary/aromatic N) is 3. The van der Waals surface area contributed by atoms with Crippen molar-refractivity contribution in [2.75, 3.05) is 32.6 Å². The summed E-state index contributed by atoms with van der Waals surface area (Å²) in [6.45, 7) is 4.18. The predicted octanol–water partition coefficient (Wildman–Crippen LogP) is 4.38. The lowest BCUT2D eigenvalue weighted by Crippen LogP contribution is -2.35. The van der Waals surface area contributed by atoms with Crippen LogP contribution >= 0.6 is 0 Å². The molecule has 1 amide bonds. The van der Waals surface area contributed by atoms with Gasteiger partial charge in [-0.15, -0.1) is 6.42 Å². The van der Waals surface area contributed by atoms with Crippen LogP contribution in [0.5, 0.6) is 5.75 Å². The van der Waals surface area contributed by atoms with Crippen LogP contribution in [0.1, 0.15) is 49.4 Å². The van der Waals surface area contributed by atoms with Gasteiger partial charge in [-0.3, -0.25) is 9.59 Å². The zero-order valence-electron chi connectivity index (χ0n) is 22.1. The standard InChI is InChI=1S/C28H29F3N4O4/c1-6-21(18-9-8-10-19(24(18)29)25(30)31)32-26-20-13-17(28(39-5)11-12-34(15-28)16(3)36)14-22(38-4)23(20)27(37)35(7-2)33-26/h1,8-10,13-14,21,25H,7,11-12,15H2,2-5H3,(H,32,33)/t21-,28-/m1/s1. The molecule has 206 valence electrons. The number of ether oxygens (including phenoxy) is 2. The van der Waals surface area contributed by atoms with Crippen LogP contribution in [0.2, 0.25) is 0 Å². The van der Waals surface area contributed by atoms with Crippen molar-refractivity contribution in [1.29, 1.82) is 0 Å². The number of halogens is 3. The molecule has 2 aromatic carbocycles. The van der Waals surface area contributed by atoms with E-state index in [1.165, 1.54) is 30.8 Å². The summed E-state index contributed by atoms with van der Waals surface area (Å²) in [4.78, 5) is 27.1. The van der Waals surface area contributed by atoms with Gasteiger partial charge in [0.05, 0.1) is 24.6 Å². The fourth-order valence-electron chi connectivity index (χ4n) is 4.99. The van der Waals surface area contributed by atoms with E-state index in [2.05, 4.69) is 16.3 Å². The molecule has 1 aliphatic rings. The Morgan fingerprint density at radius 1 is 1.28 bits per heavy atom. The van der Waals surface area contributed by atoms with Crippen molar-refractivity contribution < 1.29 is 27.4 Å². The van der Waals surface area contributed by atoms with Crippen molar-refractivity contribution >= 4 is 22.5 Å². The van der Waals surface area contributed by atoms with E-state index in [4.69, 9.17) is 15.9 Å². The van der Waals surface area contributed by atoms with Crippen molar-refractivity contribution in [2.45, 2.75) is 44.9 Å². The number of terminal acetylenes is 1. The van der Waals surface area contributed by atoms with Crippen molar-refractivity contribution in [3.05, 3.63) is 63.2 Å². The Bertz CT molecular complexity index is 1520. The second-order valence-corrected chi connectivity index (χ2v) is 9.25. The number of alkyl halides is 2. The zero-order chi connectivity index (χ0) is 28.5. The van der Waals surface area contributed by atoms with Crippen LogP contribution in [0.3, 0.4) is 0 Å². The van der Waals surface area contributed by atoms with Crippen molar-refractivity contribution in [1.82, 2.24) is 14.7 Å². The third-order valence-corrected chi connectivity index (χ3v) is 7.19. The molecule has 2 heterocycles. The summed E-state index contributed by atoms with van der Waals surface area (Å²) in [5, 5.41) is 7.91. The topological polar surface area (TPSA) is 85.7 Å². The highest BCUT2D eigenvalue weighted by Gasteiger charge is 2.42. The van der Waals surface area contributed by atoms with Gasteiger partial charge in [0.15, 0.2) is 5.82 Å². The smallest absolute Gasteiger partial charge is 0.278 e. The highest BCUT2D eigenvalue weighted by molar-refractivity contribution is 5.96. The molecule has 1 aromatic heterocycles. The SMILES string of the molecule is C#C[C@@H](Nc1nn(CC)c(=O)c2c(OC)cc([C@@]3(OC)CCN(C(C)=O)C3)cc12)c1cccc(C(F)F)c1F. The van der Waals surface area contributed by atoms with Crippen LogP contribution in [-0.4, -0.2) is 47.9 Å². The Morgan fingerprint density at radius 2 is 2.00 bits per heavy atom. The van der Waals surface area contributed by atoms with E-state index in [0.717, 1.165) is 6.07 Å². The normalized spacial score (nSPS) is 17.9. The number of carbonyl (C=O) groups is 1. The molecule has 1 saturated heterocycles. The van der Waals surface area contributed by atoms with E-state index in [0.29, 0.717) is 23.9 Å². The van der Waals surface area contributed by atoms with E-state index < -0.39 is 35.0 Å². The zero-order valence-corrected chi connectivity index (χ0v) is 22.1. The molecule has 0 aliphatic carbocycles. The molecular weight excluding hydrogens is 513 g/mol. The average molecular weight is 543 g/mol. The summed E-state index contributed by atoms with van der Waals surface area (Å²) in [6, 6.07) is 5.83. The molecule has 0 spiro atoms. The van der Waals surface area contributed by atoms with Gasteiger partial charge in [0, 0.05) is 38.1 Å². The maximum atomic E-state index is 15.0. The summed E-state index contributed by atoms with van der Waals surface area (Å²) >= 11 is 0. The van der Waals surface area contributed by atoms with Crippen LogP contribution in [0.25, 0.3) is 10.8 Å². The van der Waals surface area contributed by atoms with Crippen LogP contribution in [0.15, 0.2) is 35.1 Å². The molecule has 8 nitrogen and oxygen atoms in total. The number of carbonyl (C=O) groups excluding carboxylic acids is 1. The van der Waals surface area contributed by atoms with Gasteiger partial charge in [-0.1, -0.05) is 24.1 Å². The number of hydrogen-bond donors (Lipinski definition) is 1. The molecule has 11 heteroatoms. The number of rotatable bonds is 8. The van der Waals surface area contributed by atoms with E-state index in [9.17, 15) is 18.4 Å². The second-order valence-electron chi connectivity index (χ2n) is 9.25. The van der Waals surface area contributed by atoms with Crippen molar-refractivity contribution in [3.8, 4) is 18.1 Å². The number of likely N-dealkylation sites (tertiary alicyclic amines) is 1. The lowest BCUT2D eigenvalue weighted by atomic mass is 9.90. The number of aromatic nitrogens is 2. The third-order valence-electron chi connectivity index (χ3n) is 7.19. The van der Waals surface area contributed by atoms with Gasteiger partial charge in [0.25, 0.3) is 12.0 Å². The Hall–Kier alpha value is -4.04. The maximum Gasteiger partial charge on any atom is 0.278 e. The van der Waals surface area contributed by atoms with Gasteiger partial charge >= 0.3 is 0 Å². The van der Waals surface area contributed by atoms with Gasteiger partial charge in [0.1, 0.15) is 23.2 Å². The summed E-state index contributed by atoms with van der Waals surface area (Å²) in [7, 11) is 2.97. The summed E-state index contributed by atoms with van der Waals surface area (Å²) in [5.74, 6) is 1.56. The average Bonchev–Trinajstić information content (AvgIpc) is 3.39. The highest BCUT2D eigenvalue weighted by Crippen LogP contribution is 2.41. The molecule has 0 radical (unpaired) electrons. The first-order valence-electron chi connectivity index (χ1n) is 12.3. The summed E-state index contributed by atoms with van der Waals surface area (Å²) in [6.07, 6.45) is 3.19. The van der Waals surface area contributed by atoms with Crippen LogP contribution in [0.4, 0.5) is 19.0 Å². The van der Waals surface area contributed by atoms with E-state index >= 15 is 4.39 Å². The van der Waals surface area contributed by atoms with E-state index in [1.807, 2.05) is 0 Å². The van der Waals surface area contributed by atoms with Crippen LogP contribution in [0, 0.1) is 18.2 Å². The fourth-order valence-corrected chi connectivity index (χ4v) is 4.99. The van der Waals surface area contributed by atoms with Gasteiger partial charge in [-0.2, -0.15) is 5.10 Å². The molecule has 4 rings (SSSR count). The minimum absolute atomic E-state index is 0.0959. The van der Waals surface area contributed by atoms with Crippen LogP contribution < -0.4 is 15.6 Å². The Labute approximate surface area is 223 Å². The lowest BCUT2D eigenvalue weighted by molar-refractivity contribution is -0.129. The molecule has 0 unspecified atom stereocenters. The molecule has 1 N–H and O–H groups in total. The maximum absolute atomic E-state index is 15.0. The molecule has 0 saturated carbocycles. The minimum Gasteiger partial charge on any atom is -0.496 e. The molecule has 39 heavy (non-hydrogen) atoms. The number of anilines is 1. The third kappa shape index (κ3) is 4.92. The van der Waals surface area contributed by atoms with E-state index in [1.54, 1.807) is 31.1 Å². The number of benzene rings is 2. The second kappa shape index (κ2) is 11.0. The number of hydrogen-bond acceptors (Lipinski definition) is 6. The van der Waals surface area contributed by atoms with Gasteiger partial charge < -0.3 is 19.7 Å². The number of amides is 1. The Kier molecular flexibility index (Phi) is 7.88. The predicted molar refractivity (Wildman–Crippen MR) is 140 cm³/mol. The van der Waals surface area contributed by atoms with Crippen molar-refractivity contribution in [2.24, 2.45) is 0 Å². The quantitative estimate of drug-likeness (QED) is 0.426. The molecule has 0 bridgehead atoms. The summed E-state index contributed by atoms with van der Waals surface area (Å²) < 4.78 is 54.5. The molecule has 1 aliphatic heterocycles. The van der Waals surface area contributed by atoms with Crippen LogP contribution in [-0.2, 0) is 21.7 Å². The molecule has 2 atom stereocenters. The number of fused-ring (bicyclic) bond motifs is 1. The molecular formula is C28H29F3N4O4. The number of methoxy groups -OCH3 is 2. The minimum atomic E-state index is -3.03. The Morgan fingerprint density at radius 3 is 2.56 bits per heavy atom. The highest BCUT2D eigenvalue weighted by atomic mass is 19.3. The largest absolute Gasteiger partial charge is 0.496 e.